The highest BCUT2D eigenvalue weighted by molar-refractivity contribution is 5.78. The van der Waals surface area contributed by atoms with E-state index in [2.05, 4.69) is 12.2 Å². The van der Waals surface area contributed by atoms with Gasteiger partial charge in [0.25, 0.3) is 0 Å². The molecule has 2 aliphatic carbocycles. The zero-order valence-corrected chi connectivity index (χ0v) is 13.3. The van der Waals surface area contributed by atoms with Gasteiger partial charge in [0.15, 0.2) is 0 Å². The van der Waals surface area contributed by atoms with Gasteiger partial charge in [-0.2, -0.15) is 0 Å². The summed E-state index contributed by atoms with van der Waals surface area (Å²) in [6.07, 6.45) is 5.31. The molecule has 6 nitrogen and oxygen atoms in total. The molecule has 6 N–H and O–H groups in total. The van der Waals surface area contributed by atoms with Crippen molar-refractivity contribution in [3.63, 3.8) is 0 Å². The van der Waals surface area contributed by atoms with E-state index in [1.807, 2.05) is 0 Å². The second kappa shape index (κ2) is 7.06. The average Bonchev–Trinajstić information content (AvgIpc) is 2.70. The van der Waals surface area contributed by atoms with Crippen LogP contribution < -0.4 is 16.8 Å². The van der Waals surface area contributed by atoms with Crippen molar-refractivity contribution in [2.75, 3.05) is 0 Å². The largest absolute Gasteiger partial charge is 0.393 e. The summed E-state index contributed by atoms with van der Waals surface area (Å²) < 4.78 is 0. The average molecular weight is 311 g/mol. The summed E-state index contributed by atoms with van der Waals surface area (Å²) in [5.41, 5.74) is 12.6. The highest BCUT2D eigenvalue weighted by Crippen LogP contribution is 2.48. The summed E-state index contributed by atoms with van der Waals surface area (Å²) in [7, 11) is 0. The molecular formula is C16H29N3O3. The Balaban J connectivity index is 2.00. The van der Waals surface area contributed by atoms with Crippen LogP contribution in [0.25, 0.3) is 0 Å². The van der Waals surface area contributed by atoms with E-state index in [0.29, 0.717) is 5.92 Å². The van der Waals surface area contributed by atoms with E-state index in [4.69, 9.17) is 11.5 Å². The standard InChI is InChI=1S/C16H29N3O3/c1-16(10-4-6-11(21)7-5-10)9-12(17)14(15(16)18)19-13(22)3-2-8-20/h8,10-12,14-15,21H,2-7,9,17-18H2,1H3,(H,19,22). The Morgan fingerprint density at radius 2 is 1.95 bits per heavy atom. The van der Waals surface area contributed by atoms with Crippen LogP contribution in [0.15, 0.2) is 0 Å². The highest BCUT2D eigenvalue weighted by atomic mass is 16.3. The minimum absolute atomic E-state index is 0.109. The summed E-state index contributed by atoms with van der Waals surface area (Å²) >= 11 is 0. The Morgan fingerprint density at radius 1 is 1.32 bits per heavy atom. The topological polar surface area (TPSA) is 118 Å². The van der Waals surface area contributed by atoms with E-state index in [0.717, 1.165) is 38.4 Å². The maximum atomic E-state index is 11.9. The number of amides is 1. The van der Waals surface area contributed by atoms with Crippen molar-refractivity contribution in [1.29, 1.82) is 0 Å². The fourth-order valence-electron chi connectivity index (χ4n) is 4.27. The van der Waals surface area contributed by atoms with Gasteiger partial charge in [-0.3, -0.25) is 4.79 Å². The van der Waals surface area contributed by atoms with E-state index in [1.54, 1.807) is 0 Å². The zero-order chi connectivity index (χ0) is 16.3. The van der Waals surface area contributed by atoms with E-state index in [9.17, 15) is 14.7 Å². The van der Waals surface area contributed by atoms with Gasteiger partial charge in [-0.15, -0.1) is 0 Å². The van der Waals surface area contributed by atoms with Gasteiger partial charge >= 0.3 is 0 Å². The van der Waals surface area contributed by atoms with Crippen LogP contribution in [0, 0.1) is 11.3 Å². The van der Waals surface area contributed by atoms with Gasteiger partial charge in [-0.25, -0.2) is 0 Å². The van der Waals surface area contributed by atoms with E-state index < -0.39 is 0 Å². The monoisotopic (exact) mass is 311 g/mol. The SMILES string of the molecule is CC1(C2CCC(O)CC2)CC(N)C(NC(=O)CCC=O)C1N. The Hall–Kier alpha value is -0.980. The molecule has 0 aliphatic heterocycles. The molecule has 2 rings (SSSR count). The normalized spacial score (nSPS) is 42.1. The molecular weight excluding hydrogens is 282 g/mol. The predicted molar refractivity (Wildman–Crippen MR) is 83.9 cm³/mol. The molecule has 0 bridgehead atoms. The van der Waals surface area contributed by atoms with Crippen LogP contribution in [0.4, 0.5) is 0 Å². The first-order chi connectivity index (χ1) is 10.4. The summed E-state index contributed by atoms with van der Waals surface area (Å²) in [5, 5.41) is 12.6. The Labute approximate surface area is 132 Å². The predicted octanol–water partition coefficient (Wildman–Crippen LogP) is 0.0660. The summed E-state index contributed by atoms with van der Waals surface area (Å²) in [6, 6.07) is -0.592. The molecule has 126 valence electrons. The number of nitrogens with one attached hydrogen (secondary N) is 1. The lowest BCUT2D eigenvalue weighted by Crippen LogP contribution is -2.55. The van der Waals surface area contributed by atoms with E-state index in [1.165, 1.54) is 0 Å². The lowest BCUT2D eigenvalue weighted by molar-refractivity contribution is -0.123. The number of carbonyl (C=O) groups excluding carboxylic acids is 2. The van der Waals surface area contributed by atoms with Gasteiger partial charge in [0.1, 0.15) is 6.29 Å². The van der Waals surface area contributed by atoms with Gasteiger partial charge in [-0.1, -0.05) is 6.92 Å². The van der Waals surface area contributed by atoms with E-state index in [-0.39, 0.29) is 48.4 Å². The summed E-state index contributed by atoms with van der Waals surface area (Å²) in [4.78, 5) is 22.2. The molecule has 0 aromatic heterocycles. The number of carbonyl (C=O) groups is 2. The molecule has 2 fully saturated rings. The molecule has 0 aromatic rings. The summed E-state index contributed by atoms with van der Waals surface area (Å²) in [5.74, 6) is 0.278. The first kappa shape index (κ1) is 17.4. The quantitative estimate of drug-likeness (QED) is 0.536. The Bertz CT molecular complexity index is 409. The third kappa shape index (κ3) is 3.50. The molecule has 2 aliphatic rings. The van der Waals surface area contributed by atoms with Crippen molar-refractivity contribution in [3.8, 4) is 0 Å². The third-order valence-corrected chi connectivity index (χ3v) is 5.73. The number of rotatable bonds is 5. The van der Waals surface area contributed by atoms with Crippen molar-refractivity contribution in [2.24, 2.45) is 22.8 Å². The lowest BCUT2D eigenvalue weighted by atomic mass is 9.66. The third-order valence-electron chi connectivity index (χ3n) is 5.73. The molecule has 0 radical (unpaired) electrons. The first-order valence-corrected chi connectivity index (χ1v) is 8.30. The molecule has 6 heteroatoms. The van der Waals surface area contributed by atoms with Crippen LogP contribution in [-0.4, -0.2) is 41.5 Å². The zero-order valence-electron chi connectivity index (χ0n) is 13.3. The van der Waals surface area contributed by atoms with Crippen molar-refractivity contribution in [2.45, 2.75) is 76.1 Å². The van der Waals surface area contributed by atoms with Crippen molar-refractivity contribution in [3.05, 3.63) is 0 Å². The molecule has 0 spiro atoms. The molecule has 2 saturated carbocycles. The number of aliphatic hydroxyl groups is 1. The maximum absolute atomic E-state index is 11.9. The smallest absolute Gasteiger partial charge is 0.220 e. The number of hydrogen-bond donors (Lipinski definition) is 4. The molecule has 0 aromatic carbocycles. The highest BCUT2D eigenvalue weighted by Gasteiger charge is 2.52. The Morgan fingerprint density at radius 3 is 2.55 bits per heavy atom. The fraction of sp³-hybridized carbons (Fsp3) is 0.875. The molecule has 4 atom stereocenters. The van der Waals surface area contributed by atoms with Crippen LogP contribution in [-0.2, 0) is 9.59 Å². The van der Waals surface area contributed by atoms with Crippen molar-refractivity contribution >= 4 is 12.2 Å². The fourth-order valence-corrected chi connectivity index (χ4v) is 4.27. The van der Waals surface area contributed by atoms with Gasteiger partial charge in [0.05, 0.1) is 12.1 Å². The maximum Gasteiger partial charge on any atom is 0.220 e. The molecule has 0 saturated heterocycles. The minimum atomic E-state index is -0.240. The van der Waals surface area contributed by atoms with Gasteiger partial charge in [0.2, 0.25) is 5.91 Å². The first-order valence-electron chi connectivity index (χ1n) is 8.30. The Kier molecular flexibility index (Phi) is 5.58. The lowest BCUT2D eigenvalue weighted by Gasteiger charge is -2.42. The number of aliphatic hydroxyl groups excluding tert-OH is 1. The van der Waals surface area contributed by atoms with Crippen LogP contribution in [0.3, 0.4) is 0 Å². The second-order valence-corrected chi connectivity index (χ2v) is 7.20. The van der Waals surface area contributed by atoms with Crippen LogP contribution >= 0.6 is 0 Å². The van der Waals surface area contributed by atoms with Crippen LogP contribution in [0.1, 0.15) is 51.9 Å². The van der Waals surface area contributed by atoms with Gasteiger partial charge in [0, 0.05) is 24.9 Å². The summed E-state index contributed by atoms with van der Waals surface area (Å²) in [6.45, 7) is 2.16. The minimum Gasteiger partial charge on any atom is -0.393 e. The molecule has 0 heterocycles. The van der Waals surface area contributed by atoms with E-state index >= 15 is 0 Å². The second-order valence-electron chi connectivity index (χ2n) is 7.20. The van der Waals surface area contributed by atoms with Gasteiger partial charge < -0.3 is 26.7 Å². The number of nitrogens with two attached hydrogens (primary N) is 2. The van der Waals surface area contributed by atoms with Crippen LogP contribution in [0.2, 0.25) is 0 Å². The van der Waals surface area contributed by atoms with Crippen LogP contribution in [0.5, 0.6) is 0 Å². The molecule has 4 unspecified atom stereocenters. The van der Waals surface area contributed by atoms with Crippen molar-refractivity contribution in [1.82, 2.24) is 5.32 Å². The number of aldehydes is 1. The molecule has 1 amide bonds. The van der Waals surface area contributed by atoms with Gasteiger partial charge in [-0.05, 0) is 43.4 Å². The molecule has 22 heavy (non-hydrogen) atoms. The number of hydrogen-bond acceptors (Lipinski definition) is 5. The van der Waals surface area contributed by atoms with Crippen molar-refractivity contribution < 1.29 is 14.7 Å².